The molecule has 0 aromatic heterocycles. The molecule has 0 heterocycles. The fourth-order valence-corrected chi connectivity index (χ4v) is 3.37. The third-order valence-corrected chi connectivity index (χ3v) is 4.33. The van der Waals surface area contributed by atoms with Crippen molar-refractivity contribution in [2.75, 3.05) is 13.7 Å². The molecule has 2 nitrogen and oxygen atoms in total. The lowest BCUT2D eigenvalue weighted by atomic mass is 9.93. The van der Waals surface area contributed by atoms with E-state index in [0.717, 1.165) is 36.6 Å². The minimum absolute atomic E-state index is 0.833. The number of ether oxygens (including phenoxy) is 1. The normalized spacial score (nSPS) is 28.8. The third kappa shape index (κ3) is 2.30. The minimum Gasteiger partial charge on any atom is -0.496 e. The smallest absolute Gasteiger partial charge is 0.123 e. The Morgan fingerprint density at radius 1 is 1.22 bits per heavy atom. The van der Waals surface area contributed by atoms with Crippen LogP contribution in [0, 0.1) is 17.8 Å². The van der Waals surface area contributed by atoms with Crippen LogP contribution >= 0.6 is 0 Å². The number of hydrogen-bond acceptors (Lipinski definition) is 2. The van der Waals surface area contributed by atoms with Crippen molar-refractivity contribution in [2.24, 2.45) is 17.8 Å². The summed E-state index contributed by atoms with van der Waals surface area (Å²) < 4.78 is 5.37. The highest BCUT2D eigenvalue weighted by Gasteiger charge is 2.34. The number of methoxy groups -OCH3 is 1. The monoisotopic (exact) mass is 243 g/mol. The average Bonchev–Trinajstić information content (AvgIpc) is 3.02. The zero-order chi connectivity index (χ0) is 12.4. The molecule has 2 aliphatic rings. The summed E-state index contributed by atoms with van der Waals surface area (Å²) in [5.41, 5.74) is 1.25. The Balaban J connectivity index is 1.51. The van der Waals surface area contributed by atoms with E-state index in [4.69, 9.17) is 4.74 Å². The van der Waals surface area contributed by atoms with Gasteiger partial charge >= 0.3 is 0 Å². The maximum Gasteiger partial charge on any atom is 0.123 e. The lowest BCUT2D eigenvalue weighted by Gasteiger charge is -2.19. The first-order valence-electron chi connectivity index (χ1n) is 6.87. The van der Waals surface area contributed by atoms with Crippen LogP contribution in [0.5, 0.6) is 5.75 Å². The summed E-state index contributed by atoms with van der Waals surface area (Å²) in [4.78, 5) is 0. The summed E-state index contributed by atoms with van der Waals surface area (Å²) in [6.45, 7) is 2.03. The largest absolute Gasteiger partial charge is 0.496 e. The van der Waals surface area contributed by atoms with Crippen LogP contribution in [0.4, 0.5) is 0 Å². The Hall–Kier alpha value is -1.28. The molecule has 1 aromatic rings. The molecule has 0 amide bonds. The summed E-state index contributed by atoms with van der Waals surface area (Å²) in [5.74, 6) is 3.53. The molecular formula is C16H21NO. The number of allylic oxidation sites excluding steroid dienone is 2. The van der Waals surface area contributed by atoms with Crippen LogP contribution in [0.25, 0.3) is 0 Å². The minimum atomic E-state index is 0.833. The highest BCUT2D eigenvalue weighted by molar-refractivity contribution is 5.32. The Morgan fingerprint density at radius 2 is 2.11 bits per heavy atom. The van der Waals surface area contributed by atoms with Gasteiger partial charge in [0.05, 0.1) is 7.11 Å². The number of nitrogens with one attached hydrogen (secondary N) is 1. The summed E-state index contributed by atoms with van der Waals surface area (Å²) in [5, 5.41) is 3.59. The molecule has 1 N–H and O–H groups in total. The lowest BCUT2D eigenvalue weighted by molar-refractivity contribution is 0.396. The lowest BCUT2D eigenvalue weighted by Crippen LogP contribution is -2.25. The molecule has 2 aliphatic carbocycles. The van der Waals surface area contributed by atoms with Gasteiger partial charge in [-0.15, -0.1) is 0 Å². The van der Waals surface area contributed by atoms with E-state index in [9.17, 15) is 0 Å². The molecule has 0 saturated heterocycles. The first-order valence-corrected chi connectivity index (χ1v) is 6.87. The van der Waals surface area contributed by atoms with Crippen LogP contribution in [0.3, 0.4) is 0 Å². The van der Waals surface area contributed by atoms with Crippen LogP contribution in [-0.4, -0.2) is 13.7 Å². The van der Waals surface area contributed by atoms with Crippen molar-refractivity contribution in [3.05, 3.63) is 42.0 Å². The van der Waals surface area contributed by atoms with E-state index in [-0.39, 0.29) is 0 Å². The highest BCUT2D eigenvalue weighted by atomic mass is 16.5. The molecule has 2 bridgehead atoms. The summed E-state index contributed by atoms with van der Waals surface area (Å²) in [6.07, 6.45) is 7.59. The average molecular weight is 243 g/mol. The molecule has 3 atom stereocenters. The fraction of sp³-hybridized carbons (Fsp3) is 0.500. The Morgan fingerprint density at radius 3 is 2.83 bits per heavy atom. The maximum atomic E-state index is 5.37. The van der Waals surface area contributed by atoms with Crippen LogP contribution in [0.2, 0.25) is 0 Å². The first kappa shape index (κ1) is 11.8. The van der Waals surface area contributed by atoms with Crippen molar-refractivity contribution in [2.45, 2.75) is 19.4 Å². The molecular weight excluding hydrogens is 222 g/mol. The molecule has 2 heteroatoms. The molecule has 0 radical (unpaired) electrons. The topological polar surface area (TPSA) is 21.3 Å². The van der Waals surface area contributed by atoms with Gasteiger partial charge in [0, 0.05) is 12.1 Å². The molecule has 18 heavy (non-hydrogen) atoms. The van der Waals surface area contributed by atoms with Gasteiger partial charge in [-0.3, -0.25) is 0 Å². The van der Waals surface area contributed by atoms with Crippen molar-refractivity contribution in [3.63, 3.8) is 0 Å². The zero-order valence-corrected chi connectivity index (χ0v) is 10.9. The van der Waals surface area contributed by atoms with Crippen LogP contribution in [0.15, 0.2) is 36.4 Å². The van der Waals surface area contributed by atoms with E-state index in [2.05, 4.69) is 29.6 Å². The Kier molecular flexibility index (Phi) is 3.37. The number of para-hydroxylation sites is 1. The first-order chi connectivity index (χ1) is 8.86. The predicted molar refractivity (Wildman–Crippen MR) is 73.5 cm³/mol. The molecule has 0 spiro atoms. The van der Waals surface area contributed by atoms with Gasteiger partial charge in [0.2, 0.25) is 0 Å². The highest BCUT2D eigenvalue weighted by Crippen LogP contribution is 2.42. The molecule has 0 aliphatic heterocycles. The van der Waals surface area contributed by atoms with Gasteiger partial charge in [-0.25, -0.2) is 0 Å². The van der Waals surface area contributed by atoms with E-state index >= 15 is 0 Å². The molecule has 1 saturated carbocycles. The van der Waals surface area contributed by atoms with E-state index in [1.54, 1.807) is 7.11 Å². The fourth-order valence-electron chi connectivity index (χ4n) is 3.37. The van der Waals surface area contributed by atoms with Gasteiger partial charge in [0.1, 0.15) is 5.75 Å². The SMILES string of the molecule is COc1ccccc1CNCC1CC2C=CC1C2. The van der Waals surface area contributed by atoms with E-state index < -0.39 is 0 Å². The number of hydrogen-bond donors (Lipinski definition) is 1. The van der Waals surface area contributed by atoms with Crippen molar-refractivity contribution in [1.82, 2.24) is 5.32 Å². The molecule has 96 valence electrons. The van der Waals surface area contributed by atoms with Crippen LogP contribution in [0.1, 0.15) is 18.4 Å². The second kappa shape index (κ2) is 5.15. The second-order valence-electron chi connectivity index (χ2n) is 5.48. The van der Waals surface area contributed by atoms with Gasteiger partial charge in [-0.1, -0.05) is 30.4 Å². The molecule has 3 unspecified atom stereocenters. The number of benzene rings is 1. The zero-order valence-electron chi connectivity index (χ0n) is 10.9. The van der Waals surface area contributed by atoms with Crippen molar-refractivity contribution >= 4 is 0 Å². The van der Waals surface area contributed by atoms with Crippen molar-refractivity contribution in [3.8, 4) is 5.75 Å². The second-order valence-corrected chi connectivity index (χ2v) is 5.48. The number of rotatable bonds is 5. The van der Waals surface area contributed by atoms with Gasteiger partial charge < -0.3 is 10.1 Å². The van der Waals surface area contributed by atoms with Crippen LogP contribution < -0.4 is 10.1 Å². The molecule has 3 rings (SSSR count). The quantitative estimate of drug-likeness (QED) is 0.803. The standard InChI is InChI=1S/C16H21NO/c1-18-16-5-3-2-4-14(16)10-17-11-15-9-12-6-7-13(15)8-12/h2-7,12-13,15,17H,8-11H2,1H3. The van der Waals surface area contributed by atoms with Gasteiger partial charge in [0.25, 0.3) is 0 Å². The Labute approximate surface area is 109 Å². The Bertz CT molecular complexity index is 440. The van der Waals surface area contributed by atoms with Crippen molar-refractivity contribution in [1.29, 1.82) is 0 Å². The van der Waals surface area contributed by atoms with E-state index in [1.165, 1.54) is 18.4 Å². The van der Waals surface area contributed by atoms with Gasteiger partial charge in [-0.2, -0.15) is 0 Å². The predicted octanol–water partition coefficient (Wildman–Crippen LogP) is 3.00. The summed E-state index contributed by atoms with van der Waals surface area (Å²) in [6, 6.07) is 8.24. The van der Waals surface area contributed by atoms with Gasteiger partial charge in [-0.05, 0) is 43.2 Å². The van der Waals surface area contributed by atoms with Gasteiger partial charge in [0.15, 0.2) is 0 Å². The van der Waals surface area contributed by atoms with Crippen molar-refractivity contribution < 1.29 is 4.74 Å². The summed E-state index contributed by atoms with van der Waals surface area (Å²) in [7, 11) is 1.74. The van der Waals surface area contributed by atoms with E-state index in [0.29, 0.717) is 0 Å². The molecule has 1 aromatic carbocycles. The maximum absolute atomic E-state index is 5.37. The van der Waals surface area contributed by atoms with Crippen LogP contribution in [-0.2, 0) is 6.54 Å². The van der Waals surface area contributed by atoms with E-state index in [1.807, 2.05) is 12.1 Å². The molecule has 1 fully saturated rings. The number of fused-ring (bicyclic) bond motifs is 2. The third-order valence-electron chi connectivity index (χ3n) is 4.33. The summed E-state index contributed by atoms with van der Waals surface area (Å²) >= 11 is 0.